The van der Waals surface area contributed by atoms with Gasteiger partial charge in [0, 0.05) is 55.8 Å². The molecule has 9 nitrogen and oxygen atoms in total. The minimum Gasteiger partial charge on any atom is -0.369 e. The van der Waals surface area contributed by atoms with Gasteiger partial charge in [-0.05, 0) is 43.4 Å². The minimum atomic E-state index is -1.90. The van der Waals surface area contributed by atoms with Crippen molar-refractivity contribution in [3.05, 3.63) is 29.8 Å². The van der Waals surface area contributed by atoms with Gasteiger partial charge in [0.05, 0.1) is 0 Å². The molecule has 11 heteroatoms. The second-order valence-electron chi connectivity index (χ2n) is 9.89. The highest BCUT2D eigenvalue weighted by Crippen LogP contribution is 2.42. The zero-order valence-electron chi connectivity index (χ0n) is 21.6. The highest BCUT2D eigenvalue weighted by atomic mass is 35.5. The number of carbonyl (C=O) groups excluding carboxylic acids is 3. The molecule has 0 spiro atoms. The Balaban J connectivity index is 1.51. The van der Waals surface area contributed by atoms with Crippen LogP contribution in [-0.2, 0) is 25.5 Å². The Labute approximate surface area is 228 Å². The zero-order chi connectivity index (χ0) is 27.1. The van der Waals surface area contributed by atoms with Gasteiger partial charge < -0.3 is 14.7 Å². The number of fused-ring (bicyclic) bond motifs is 1. The number of ether oxygens (including phenoxy) is 1. The maximum Gasteiger partial charge on any atom is 0.280 e. The average molecular weight is 558 g/mol. The maximum atomic E-state index is 13.3. The number of nitrogens with zero attached hydrogens (tertiary/aromatic N) is 2. The third kappa shape index (κ3) is 6.69. The van der Waals surface area contributed by atoms with Crippen molar-refractivity contribution < 1.29 is 24.2 Å². The van der Waals surface area contributed by atoms with Gasteiger partial charge >= 0.3 is 0 Å². The number of amides is 3. The van der Waals surface area contributed by atoms with Crippen LogP contribution in [-0.4, -0.2) is 70.6 Å². The Kier molecular flexibility index (Phi) is 10.5. The maximum absolute atomic E-state index is 13.3. The van der Waals surface area contributed by atoms with Crippen molar-refractivity contribution in [1.82, 2.24) is 15.8 Å². The normalized spacial score (nSPS) is 23.5. The van der Waals surface area contributed by atoms with E-state index < -0.39 is 29.2 Å². The summed E-state index contributed by atoms with van der Waals surface area (Å²) in [6, 6.07) is 8.06. The summed E-state index contributed by atoms with van der Waals surface area (Å²) in [5, 5.41) is 11.0. The number of hydrazine groups is 1. The molecule has 0 aromatic heterocycles. The van der Waals surface area contributed by atoms with Crippen LogP contribution in [0.3, 0.4) is 0 Å². The van der Waals surface area contributed by atoms with Crippen molar-refractivity contribution in [2.24, 2.45) is 5.92 Å². The molecule has 0 radical (unpaired) electrons. The molecule has 1 aromatic rings. The van der Waals surface area contributed by atoms with E-state index in [0.717, 1.165) is 24.1 Å². The first-order chi connectivity index (χ1) is 17.7. The average Bonchev–Trinajstić information content (AvgIpc) is 2.97. The molecule has 2 aliphatic heterocycles. The predicted octanol–water partition coefficient (Wildman–Crippen LogP) is 2.91. The summed E-state index contributed by atoms with van der Waals surface area (Å²) in [6.07, 6.45) is 3.98. The van der Waals surface area contributed by atoms with Gasteiger partial charge in [-0.2, -0.15) is 0 Å². The molecule has 2 heterocycles. The van der Waals surface area contributed by atoms with Gasteiger partial charge in [0.25, 0.3) is 17.7 Å². The molecule has 37 heavy (non-hydrogen) atoms. The van der Waals surface area contributed by atoms with Crippen LogP contribution in [0.2, 0.25) is 0 Å². The third-order valence-electron chi connectivity index (χ3n) is 7.04. The van der Waals surface area contributed by atoms with Crippen LogP contribution in [0.25, 0.3) is 0 Å². The van der Waals surface area contributed by atoms with Gasteiger partial charge in [-0.25, -0.2) is 0 Å². The van der Waals surface area contributed by atoms with Crippen molar-refractivity contribution >= 4 is 46.6 Å². The van der Waals surface area contributed by atoms with Crippen molar-refractivity contribution in [2.45, 2.75) is 70.3 Å². The summed E-state index contributed by atoms with van der Waals surface area (Å²) in [5.41, 5.74) is 4.99. The van der Waals surface area contributed by atoms with E-state index in [0.29, 0.717) is 50.7 Å². The quantitative estimate of drug-likeness (QED) is 0.219. The molecule has 2 aliphatic rings. The fraction of sp³-hybridized carbons (Fsp3) is 0.654. The number of halogens is 2. The second-order valence-corrected chi connectivity index (χ2v) is 10.6. The summed E-state index contributed by atoms with van der Waals surface area (Å²) in [7, 11) is 0. The summed E-state index contributed by atoms with van der Waals surface area (Å²) in [4.78, 5) is 42.2. The van der Waals surface area contributed by atoms with E-state index in [2.05, 4.69) is 15.8 Å². The molecule has 2 atom stereocenters. The molecular formula is C26H38Cl2N4O5. The number of aryl methyl sites for hydroxylation is 1. The van der Waals surface area contributed by atoms with E-state index in [4.69, 9.17) is 27.9 Å². The molecule has 2 fully saturated rings. The molecule has 0 saturated carbocycles. The SMILES string of the molecule is CC(C)[C@]1(C(=O)NNC(=O)CCCc2ccc(N(CCCl)CCCl)cc2)O[C@@]2(O)CCCCCN2C1=O. The Morgan fingerprint density at radius 3 is 2.41 bits per heavy atom. The van der Waals surface area contributed by atoms with Crippen molar-refractivity contribution in [1.29, 1.82) is 0 Å². The van der Waals surface area contributed by atoms with E-state index >= 15 is 0 Å². The molecule has 206 valence electrons. The van der Waals surface area contributed by atoms with Gasteiger partial charge in [0.1, 0.15) is 0 Å². The lowest BCUT2D eigenvalue weighted by Crippen LogP contribution is -2.60. The molecule has 1 aromatic carbocycles. The van der Waals surface area contributed by atoms with Gasteiger partial charge in [0.2, 0.25) is 11.5 Å². The number of hydrogen-bond acceptors (Lipinski definition) is 6. The van der Waals surface area contributed by atoms with E-state index in [9.17, 15) is 19.5 Å². The lowest BCUT2D eigenvalue weighted by molar-refractivity contribution is -0.276. The summed E-state index contributed by atoms with van der Waals surface area (Å²) >= 11 is 11.8. The smallest absolute Gasteiger partial charge is 0.280 e. The summed E-state index contributed by atoms with van der Waals surface area (Å²) in [5.74, 6) is -3.06. The molecular weight excluding hydrogens is 519 g/mol. The van der Waals surface area contributed by atoms with Crippen LogP contribution in [0, 0.1) is 5.92 Å². The first-order valence-corrected chi connectivity index (χ1v) is 14.0. The number of benzene rings is 1. The predicted molar refractivity (Wildman–Crippen MR) is 143 cm³/mol. The fourth-order valence-corrected chi connectivity index (χ4v) is 5.34. The largest absolute Gasteiger partial charge is 0.369 e. The number of carbonyl (C=O) groups is 3. The van der Waals surface area contributed by atoms with Crippen molar-refractivity contribution in [3.8, 4) is 0 Å². The molecule has 0 unspecified atom stereocenters. The van der Waals surface area contributed by atoms with Crippen molar-refractivity contribution in [3.63, 3.8) is 0 Å². The first-order valence-electron chi connectivity index (χ1n) is 13.0. The standard InChI is InChI=1S/C26H38Cl2N4O5/c1-19(2)26(24(35)32-16-5-3-4-13-25(32,36)37-26)23(34)30-29-22(33)8-6-7-20-9-11-21(12-10-20)31(17-14-27)18-15-28/h9-12,19,36H,3-8,13-18H2,1-2H3,(H,29,33)(H,30,34)/t25-,26+/m0/s1. The van der Waals surface area contributed by atoms with Crippen molar-refractivity contribution in [2.75, 3.05) is 36.3 Å². The zero-order valence-corrected chi connectivity index (χ0v) is 23.1. The lowest BCUT2D eigenvalue weighted by atomic mass is 9.88. The molecule has 0 aliphatic carbocycles. The molecule has 2 saturated heterocycles. The number of aliphatic hydroxyl groups is 1. The number of hydrogen-bond donors (Lipinski definition) is 3. The van der Waals surface area contributed by atoms with E-state index in [1.165, 1.54) is 4.90 Å². The van der Waals surface area contributed by atoms with Gasteiger partial charge in [-0.3, -0.25) is 30.1 Å². The fourth-order valence-electron chi connectivity index (χ4n) is 4.93. The van der Waals surface area contributed by atoms with E-state index in [1.807, 2.05) is 24.3 Å². The highest BCUT2D eigenvalue weighted by molar-refractivity contribution is 6.18. The van der Waals surface area contributed by atoms with E-state index in [1.54, 1.807) is 13.8 Å². The van der Waals surface area contributed by atoms with Gasteiger partial charge in [0.15, 0.2) is 0 Å². The van der Waals surface area contributed by atoms with Crippen LogP contribution < -0.4 is 15.8 Å². The Hall–Kier alpha value is -2.07. The molecule has 3 N–H and O–H groups in total. The monoisotopic (exact) mass is 556 g/mol. The van der Waals surface area contributed by atoms with Gasteiger partial charge in [-0.1, -0.05) is 32.4 Å². The summed E-state index contributed by atoms with van der Waals surface area (Å²) < 4.78 is 5.83. The Morgan fingerprint density at radius 1 is 1.11 bits per heavy atom. The Bertz CT molecular complexity index is 941. The highest BCUT2D eigenvalue weighted by Gasteiger charge is 2.65. The molecule has 3 rings (SSSR count). The number of nitrogens with one attached hydrogen (secondary N) is 2. The Morgan fingerprint density at radius 2 is 1.78 bits per heavy atom. The summed E-state index contributed by atoms with van der Waals surface area (Å²) in [6.45, 7) is 5.12. The van der Waals surface area contributed by atoms with E-state index in [-0.39, 0.29) is 18.7 Å². The number of alkyl halides is 2. The number of anilines is 1. The lowest BCUT2D eigenvalue weighted by Gasteiger charge is -2.31. The number of rotatable bonds is 11. The van der Waals surface area contributed by atoms with Crippen LogP contribution in [0.1, 0.15) is 57.9 Å². The second kappa shape index (κ2) is 13.1. The molecule has 3 amide bonds. The van der Waals surface area contributed by atoms with Crippen LogP contribution in [0.4, 0.5) is 5.69 Å². The third-order valence-corrected chi connectivity index (χ3v) is 7.38. The van der Waals surface area contributed by atoms with Crippen LogP contribution in [0.5, 0.6) is 0 Å². The topological polar surface area (TPSA) is 111 Å². The van der Waals surface area contributed by atoms with Gasteiger partial charge in [-0.15, -0.1) is 23.2 Å². The van der Waals surface area contributed by atoms with Crippen LogP contribution in [0.15, 0.2) is 24.3 Å². The first kappa shape index (κ1) is 29.5. The molecule has 0 bridgehead atoms. The minimum absolute atomic E-state index is 0.187. The van der Waals surface area contributed by atoms with Crippen LogP contribution >= 0.6 is 23.2 Å².